The lowest BCUT2D eigenvalue weighted by molar-refractivity contribution is 0.102. The number of nitrogens with one attached hydrogen (secondary N) is 1. The fraction of sp³-hybridized carbons (Fsp3) is 0.125. The summed E-state index contributed by atoms with van der Waals surface area (Å²) in [5, 5.41) is 2.49. The molecule has 106 valence electrons. The van der Waals surface area contributed by atoms with Crippen LogP contribution in [-0.4, -0.2) is 17.4 Å². The molecule has 1 aromatic carbocycles. The summed E-state index contributed by atoms with van der Waals surface area (Å²) in [6.45, 7) is 1.99. The fourth-order valence-corrected chi connectivity index (χ4v) is 1.70. The summed E-state index contributed by atoms with van der Waals surface area (Å²) in [5.41, 5.74) is 6.80. The maximum absolute atomic E-state index is 13.9. The standard InChI is InChI=1S/C16H14FN3O/c1-11-4-2-6-15(19-11)16(21)20-14-8-7-12(5-3-9-18)10-13(14)17/h2,4,6-8,10H,9,18H2,1H3,(H,20,21). The molecule has 0 saturated carbocycles. The van der Waals surface area contributed by atoms with Gasteiger partial charge < -0.3 is 11.1 Å². The smallest absolute Gasteiger partial charge is 0.274 e. The van der Waals surface area contributed by atoms with Crippen molar-refractivity contribution in [3.05, 3.63) is 59.2 Å². The van der Waals surface area contributed by atoms with E-state index in [-0.39, 0.29) is 17.9 Å². The van der Waals surface area contributed by atoms with Gasteiger partial charge in [-0.25, -0.2) is 9.37 Å². The summed E-state index contributed by atoms with van der Waals surface area (Å²) in [5.74, 6) is 4.35. The van der Waals surface area contributed by atoms with Gasteiger partial charge in [0.2, 0.25) is 0 Å². The molecule has 0 saturated heterocycles. The monoisotopic (exact) mass is 283 g/mol. The Labute approximate surface area is 122 Å². The maximum Gasteiger partial charge on any atom is 0.274 e. The van der Waals surface area contributed by atoms with Crippen molar-refractivity contribution in [3.63, 3.8) is 0 Å². The van der Waals surface area contributed by atoms with E-state index in [9.17, 15) is 9.18 Å². The van der Waals surface area contributed by atoms with Crippen molar-refractivity contribution >= 4 is 11.6 Å². The lowest BCUT2D eigenvalue weighted by atomic mass is 10.2. The number of halogens is 1. The predicted molar refractivity (Wildman–Crippen MR) is 79.3 cm³/mol. The van der Waals surface area contributed by atoms with Crippen molar-refractivity contribution in [2.45, 2.75) is 6.92 Å². The number of aryl methyl sites for hydroxylation is 1. The van der Waals surface area contributed by atoms with Gasteiger partial charge in [-0.3, -0.25) is 4.79 Å². The van der Waals surface area contributed by atoms with Gasteiger partial charge in [0.1, 0.15) is 11.5 Å². The van der Waals surface area contributed by atoms with E-state index < -0.39 is 11.7 Å². The Kier molecular flexibility index (Phi) is 4.64. The summed E-state index contributed by atoms with van der Waals surface area (Å²) in [7, 11) is 0. The zero-order valence-corrected chi connectivity index (χ0v) is 11.5. The number of anilines is 1. The quantitative estimate of drug-likeness (QED) is 0.829. The maximum atomic E-state index is 13.9. The van der Waals surface area contributed by atoms with Gasteiger partial charge in [-0.15, -0.1) is 0 Å². The molecule has 0 spiro atoms. The predicted octanol–water partition coefficient (Wildman–Crippen LogP) is 2.09. The third-order valence-electron chi connectivity index (χ3n) is 2.67. The topological polar surface area (TPSA) is 68.0 Å². The largest absolute Gasteiger partial charge is 0.320 e. The third kappa shape index (κ3) is 3.88. The van der Waals surface area contributed by atoms with Crippen LogP contribution in [0.25, 0.3) is 0 Å². The molecule has 0 aliphatic rings. The van der Waals surface area contributed by atoms with Crippen LogP contribution in [0.4, 0.5) is 10.1 Å². The van der Waals surface area contributed by atoms with Crippen LogP contribution < -0.4 is 11.1 Å². The van der Waals surface area contributed by atoms with Gasteiger partial charge in [0, 0.05) is 11.3 Å². The number of amides is 1. The molecule has 2 rings (SSSR count). The highest BCUT2D eigenvalue weighted by atomic mass is 19.1. The number of carbonyl (C=O) groups excluding carboxylic acids is 1. The SMILES string of the molecule is Cc1cccc(C(=O)Nc2ccc(C#CCN)cc2F)n1. The molecule has 3 N–H and O–H groups in total. The molecule has 4 nitrogen and oxygen atoms in total. The Morgan fingerprint density at radius 3 is 2.86 bits per heavy atom. The lowest BCUT2D eigenvalue weighted by Crippen LogP contribution is -2.15. The minimum Gasteiger partial charge on any atom is -0.320 e. The lowest BCUT2D eigenvalue weighted by Gasteiger charge is -2.06. The molecular weight excluding hydrogens is 269 g/mol. The van der Waals surface area contributed by atoms with Gasteiger partial charge in [0.25, 0.3) is 5.91 Å². The zero-order chi connectivity index (χ0) is 15.2. The zero-order valence-electron chi connectivity index (χ0n) is 11.5. The minimum atomic E-state index is -0.556. The van der Waals surface area contributed by atoms with Gasteiger partial charge in [0.05, 0.1) is 12.2 Å². The number of hydrogen-bond acceptors (Lipinski definition) is 3. The van der Waals surface area contributed by atoms with E-state index in [2.05, 4.69) is 22.1 Å². The highest BCUT2D eigenvalue weighted by Gasteiger charge is 2.10. The summed E-state index contributed by atoms with van der Waals surface area (Å²) in [4.78, 5) is 16.1. The second-order valence-corrected chi connectivity index (χ2v) is 4.32. The Hall–Kier alpha value is -2.71. The first-order valence-electron chi connectivity index (χ1n) is 6.33. The molecule has 0 aliphatic heterocycles. The second-order valence-electron chi connectivity index (χ2n) is 4.32. The number of benzene rings is 1. The van der Waals surface area contributed by atoms with Crippen LogP contribution in [0.1, 0.15) is 21.7 Å². The first kappa shape index (κ1) is 14.7. The molecule has 0 aliphatic carbocycles. The van der Waals surface area contributed by atoms with E-state index in [1.54, 1.807) is 31.2 Å². The summed E-state index contributed by atoms with van der Waals surface area (Å²) >= 11 is 0. The van der Waals surface area contributed by atoms with Crippen LogP contribution in [-0.2, 0) is 0 Å². The number of hydrogen-bond donors (Lipinski definition) is 2. The van der Waals surface area contributed by atoms with Gasteiger partial charge in [-0.05, 0) is 37.3 Å². The highest BCUT2D eigenvalue weighted by molar-refractivity contribution is 6.02. The van der Waals surface area contributed by atoms with Gasteiger partial charge in [-0.1, -0.05) is 17.9 Å². The molecule has 0 atom stereocenters. The average Bonchev–Trinajstić information content (AvgIpc) is 2.47. The van der Waals surface area contributed by atoms with E-state index in [0.717, 1.165) is 5.69 Å². The average molecular weight is 283 g/mol. The van der Waals surface area contributed by atoms with E-state index in [1.807, 2.05) is 0 Å². The van der Waals surface area contributed by atoms with Gasteiger partial charge >= 0.3 is 0 Å². The van der Waals surface area contributed by atoms with Crippen LogP contribution in [0.3, 0.4) is 0 Å². The van der Waals surface area contributed by atoms with E-state index in [0.29, 0.717) is 5.56 Å². The first-order chi connectivity index (χ1) is 10.1. The highest BCUT2D eigenvalue weighted by Crippen LogP contribution is 2.16. The van der Waals surface area contributed by atoms with Crippen molar-refractivity contribution in [2.24, 2.45) is 5.73 Å². The number of nitrogens with zero attached hydrogens (tertiary/aromatic N) is 1. The molecule has 1 amide bonds. The van der Waals surface area contributed by atoms with Crippen LogP contribution in [0, 0.1) is 24.6 Å². The molecule has 0 bridgehead atoms. The molecule has 0 fully saturated rings. The number of pyridine rings is 1. The molecule has 0 radical (unpaired) electrons. The van der Waals surface area contributed by atoms with Crippen molar-refractivity contribution in [3.8, 4) is 11.8 Å². The molecule has 1 aromatic heterocycles. The summed E-state index contributed by atoms with van der Waals surface area (Å²) in [6, 6.07) is 9.40. The van der Waals surface area contributed by atoms with Crippen molar-refractivity contribution in [1.82, 2.24) is 4.98 Å². The first-order valence-corrected chi connectivity index (χ1v) is 6.33. The molecular formula is C16H14FN3O. The van der Waals surface area contributed by atoms with E-state index >= 15 is 0 Å². The number of rotatable bonds is 2. The molecule has 0 unspecified atom stereocenters. The fourth-order valence-electron chi connectivity index (χ4n) is 1.70. The molecule has 2 aromatic rings. The number of nitrogens with two attached hydrogens (primary N) is 1. The minimum absolute atomic E-state index is 0.0848. The molecule has 5 heteroatoms. The Bertz CT molecular complexity index is 732. The Morgan fingerprint density at radius 1 is 1.38 bits per heavy atom. The van der Waals surface area contributed by atoms with Crippen LogP contribution in [0.15, 0.2) is 36.4 Å². The Balaban J connectivity index is 2.18. The van der Waals surface area contributed by atoms with Gasteiger partial charge in [-0.2, -0.15) is 0 Å². The van der Waals surface area contributed by atoms with E-state index in [4.69, 9.17) is 5.73 Å². The summed E-state index contributed by atoms with van der Waals surface area (Å²) in [6.07, 6.45) is 0. The van der Waals surface area contributed by atoms with E-state index in [1.165, 1.54) is 12.1 Å². The van der Waals surface area contributed by atoms with Crippen LogP contribution in [0.2, 0.25) is 0 Å². The van der Waals surface area contributed by atoms with Crippen molar-refractivity contribution < 1.29 is 9.18 Å². The Morgan fingerprint density at radius 2 is 2.19 bits per heavy atom. The van der Waals surface area contributed by atoms with Crippen LogP contribution >= 0.6 is 0 Å². The van der Waals surface area contributed by atoms with Crippen molar-refractivity contribution in [2.75, 3.05) is 11.9 Å². The van der Waals surface area contributed by atoms with Gasteiger partial charge in [0.15, 0.2) is 0 Å². The number of carbonyl (C=O) groups is 1. The molecule has 21 heavy (non-hydrogen) atoms. The third-order valence-corrected chi connectivity index (χ3v) is 2.67. The van der Waals surface area contributed by atoms with Crippen LogP contribution in [0.5, 0.6) is 0 Å². The summed E-state index contributed by atoms with van der Waals surface area (Å²) < 4.78 is 13.9. The number of aromatic nitrogens is 1. The second kappa shape index (κ2) is 6.64. The normalized spacial score (nSPS) is 9.67. The molecule has 1 heterocycles. The van der Waals surface area contributed by atoms with Crippen molar-refractivity contribution in [1.29, 1.82) is 0 Å².